The molecule has 2 saturated carbocycles. The molecule has 0 amide bonds. The highest BCUT2D eigenvalue weighted by Gasteiger charge is 2.36. The van der Waals surface area contributed by atoms with Gasteiger partial charge in [-0.2, -0.15) is 0 Å². The molecule has 8 heteroatoms. The summed E-state index contributed by atoms with van der Waals surface area (Å²) in [4.78, 5) is 8.19. The van der Waals surface area contributed by atoms with Crippen LogP contribution in [-0.4, -0.2) is 24.7 Å². The molecule has 0 saturated heterocycles. The van der Waals surface area contributed by atoms with Gasteiger partial charge in [0, 0.05) is 18.2 Å². The lowest BCUT2D eigenvalue weighted by atomic mass is 10.4. The van der Waals surface area contributed by atoms with Crippen molar-refractivity contribution in [3.05, 3.63) is 21.8 Å². The fraction of sp³-hybridized carbons (Fsp3) is 0.500. The quantitative estimate of drug-likeness (QED) is 0.603. The normalized spacial score (nSPS) is 18.5. The lowest BCUT2D eigenvalue weighted by Crippen LogP contribution is -2.02. The standard InChI is InChI=1S/C12H11BrClN5S/c13-8-5-15-11(14)16-10(8)20-12-18-17-9(6-1-2-6)19(12)7-3-4-7/h5-7H,1-4H2. The van der Waals surface area contributed by atoms with E-state index in [-0.39, 0.29) is 5.28 Å². The number of aromatic nitrogens is 5. The zero-order valence-electron chi connectivity index (χ0n) is 10.5. The van der Waals surface area contributed by atoms with E-state index in [2.05, 4.69) is 40.7 Å². The van der Waals surface area contributed by atoms with Crippen LogP contribution in [-0.2, 0) is 0 Å². The van der Waals surface area contributed by atoms with Crippen LogP contribution in [0.2, 0.25) is 5.28 Å². The maximum Gasteiger partial charge on any atom is 0.223 e. The largest absolute Gasteiger partial charge is 0.302 e. The van der Waals surface area contributed by atoms with Gasteiger partial charge in [0.05, 0.1) is 4.47 Å². The van der Waals surface area contributed by atoms with Gasteiger partial charge in [-0.25, -0.2) is 9.97 Å². The Hall–Kier alpha value is -0.660. The molecule has 0 aliphatic heterocycles. The molecule has 0 atom stereocenters. The number of hydrogen-bond acceptors (Lipinski definition) is 5. The maximum absolute atomic E-state index is 5.86. The van der Waals surface area contributed by atoms with Gasteiger partial charge >= 0.3 is 0 Å². The van der Waals surface area contributed by atoms with Crippen LogP contribution in [0.3, 0.4) is 0 Å². The van der Waals surface area contributed by atoms with Gasteiger partial charge in [0.1, 0.15) is 10.9 Å². The second kappa shape index (κ2) is 4.96. The molecule has 2 aromatic rings. The van der Waals surface area contributed by atoms with Crippen molar-refractivity contribution in [1.29, 1.82) is 0 Å². The highest BCUT2D eigenvalue weighted by atomic mass is 79.9. The lowest BCUT2D eigenvalue weighted by molar-refractivity contribution is 0.626. The first-order valence-electron chi connectivity index (χ1n) is 6.53. The second-order valence-electron chi connectivity index (χ2n) is 5.11. The third kappa shape index (κ3) is 2.46. The fourth-order valence-corrected chi connectivity index (χ4v) is 3.64. The second-order valence-corrected chi connectivity index (χ2v) is 7.26. The summed E-state index contributed by atoms with van der Waals surface area (Å²) in [5.41, 5.74) is 0. The molecular weight excluding hydrogens is 362 g/mol. The Bertz CT molecular complexity index is 668. The van der Waals surface area contributed by atoms with Crippen LogP contribution in [0.25, 0.3) is 0 Å². The van der Waals surface area contributed by atoms with Crippen LogP contribution < -0.4 is 0 Å². The van der Waals surface area contributed by atoms with Gasteiger partial charge in [0.2, 0.25) is 5.28 Å². The van der Waals surface area contributed by atoms with Crippen LogP contribution in [0.15, 0.2) is 20.9 Å². The van der Waals surface area contributed by atoms with E-state index in [0.717, 1.165) is 20.5 Å². The van der Waals surface area contributed by atoms with Crippen molar-refractivity contribution in [3.63, 3.8) is 0 Å². The minimum Gasteiger partial charge on any atom is -0.302 e. The molecule has 0 radical (unpaired) electrons. The van der Waals surface area contributed by atoms with Crippen molar-refractivity contribution < 1.29 is 0 Å². The Morgan fingerprint density at radius 3 is 2.75 bits per heavy atom. The molecule has 2 aliphatic carbocycles. The highest BCUT2D eigenvalue weighted by Crippen LogP contribution is 2.47. The van der Waals surface area contributed by atoms with E-state index in [9.17, 15) is 0 Å². The van der Waals surface area contributed by atoms with Crippen molar-refractivity contribution in [3.8, 4) is 0 Å². The molecule has 2 heterocycles. The van der Waals surface area contributed by atoms with Gasteiger partial charge < -0.3 is 4.57 Å². The molecule has 0 aromatic carbocycles. The Balaban J connectivity index is 1.70. The summed E-state index contributed by atoms with van der Waals surface area (Å²) < 4.78 is 3.12. The minimum atomic E-state index is 0.246. The molecule has 104 valence electrons. The summed E-state index contributed by atoms with van der Waals surface area (Å²) in [5.74, 6) is 1.75. The van der Waals surface area contributed by atoms with E-state index < -0.39 is 0 Å². The van der Waals surface area contributed by atoms with E-state index in [1.54, 1.807) is 6.20 Å². The summed E-state index contributed by atoms with van der Waals surface area (Å²) in [6.45, 7) is 0. The van der Waals surface area contributed by atoms with Crippen molar-refractivity contribution in [1.82, 2.24) is 24.7 Å². The highest BCUT2D eigenvalue weighted by molar-refractivity contribution is 9.10. The van der Waals surface area contributed by atoms with E-state index in [1.807, 2.05) is 0 Å². The average Bonchev–Trinajstić information content (AvgIpc) is 3.33. The molecule has 0 unspecified atom stereocenters. The maximum atomic E-state index is 5.86. The van der Waals surface area contributed by atoms with Crippen LogP contribution in [0, 0.1) is 0 Å². The molecule has 0 N–H and O–H groups in total. The average molecular weight is 373 g/mol. The predicted molar refractivity (Wildman–Crippen MR) is 79.1 cm³/mol. The Kier molecular flexibility index (Phi) is 3.23. The van der Waals surface area contributed by atoms with Gasteiger partial charge in [-0.05, 0) is 65.0 Å². The topological polar surface area (TPSA) is 56.5 Å². The van der Waals surface area contributed by atoms with Crippen LogP contribution in [0.1, 0.15) is 43.5 Å². The Morgan fingerprint density at radius 1 is 1.25 bits per heavy atom. The molecule has 0 spiro atoms. The molecule has 2 fully saturated rings. The number of halogens is 2. The van der Waals surface area contributed by atoms with Crippen molar-refractivity contribution in [2.75, 3.05) is 0 Å². The third-order valence-corrected chi connectivity index (χ3v) is 5.41. The Morgan fingerprint density at radius 2 is 2.05 bits per heavy atom. The van der Waals surface area contributed by atoms with Gasteiger partial charge in [0.15, 0.2) is 5.16 Å². The first-order chi connectivity index (χ1) is 9.72. The molecular formula is C12H11BrClN5S. The summed E-state index contributed by atoms with van der Waals surface area (Å²) in [6, 6.07) is 0.569. The summed E-state index contributed by atoms with van der Waals surface area (Å²) in [6.07, 6.45) is 6.57. The van der Waals surface area contributed by atoms with E-state index >= 15 is 0 Å². The fourth-order valence-electron chi connectivity index (χ4n) is 2.14. The predicted octanol–water partition coefficient (Wildman–Crippen LogP) is 3.85. The van der Waals surface area contributed by atoms with E-state index in [0.29, 0.717) is 12.0 Å². The molecule has 20 heavy (non-hydrogen) atoms. The minimum absolute atomic E-state index is 0.246. The SMILES string of the molecule is Clc1ncc(Br)c(Sc2nnc(C3CC3)n2C2CC2)n1. The summed E-state index contributed by atoms with van der Waals surface area (Å²) in [7, 11) is 0. The third-order valence-electron chi connectivity index (χ3n) is 3.42. The van der Waals surface area contributed by atoms with Gasteiger partial charge in [-0.1, -0.05) is 0 Å². The van der Waals surface area contributed by atoms with Crippen molar-refractivity contribution >= 4 is 39.3 Å². The van der Waals surface area contributed by atoms with E-state index in [1.165, 1.54) is 37.4 Å². The Labute approximate surface area is 133 Å². The smallest absolute Gasteiger partial charge is 0.223 e. The van der Waals surface area contributed by atoms with Gasteiger partial charge in [-0.3, -0.25) is 0 Å². The molecule has 2 aliphatic rings. The monoisotopic (exact) mass is 371 g/mol. The first kappa shape index (κ1) is 13.0. The zero-order valence-corrected chi connectivity index (χ0v) is 13.6. The van der Waals surface area contributed by atoms with Crippen LogP contribution in [0.5, 0.6) is 0 Å². The van der Waals surface area contributed by atoms with Crippen molar-refractivity contribution in [2.45, 2.75) is 47.8 Å². The lowest BCUT2D eigenvalue weighted by Gasteiger charge is -2.08. The number of hydrogen-bond donors (Lipinski definition) is 0. The van der Waals surface area contributed by atoms with Crippen LogP contribution >= 0.6 is 39.3 Å². The number of nitrogens with zero attached hydrogens (tertiary/aromatic N) is 5. The summed E-state index contributed by atoms with van der Waals surface area (Å²) >= 11 is 10.8. The van der Waals surface area contributed by atoms with Gasteiger partial charge in [-0.15, -0.1) is 10.2 Å². The van der Waals surface area contributed by atoms with E-state index in [4.69, 9.17) is 11.6 Å². The number of rotatable bonds is 4. The van der Waals surface area contributed by atoms with Crippen LogP contribution in [0.4, 0.5) is 0 Å². The van der Waals surface area contributed by atoms with Gasteiger partial charge in [0.25, 0.3) is 0 Å². The van der Waals surface area contributed by atoms with Crippen molar-refractivity contribution in [2.24, 2.45) is 0 Å². The first-order valence-corrected chi connectivity index (χ1v) is 8.52. The molecule has 4 rings (SSSR count). The molecule has 0 bridgehead atoms. The molecule has 2 aromatic heterocycles. The molecule has 5 nitrogen and oxygen atoms in total. The zero-order chi connectivity index (χ0) is 13.7. The summed E-state index contributed by atoms with van der Waals surface area (Å²) in [5, 5.41) is 10.7.